The van der Waals surface area contributed by atoms with Crippen molar-refractivity contribution < 1.29 is 24.3 Å². The fourth-order valence-electron chi connectivity index (χ4n) is 4.01. The zero-order valence-corrected chi connectivity index (χ0v) is 16.8. The zero-order valence-electron chi connectivity index (χ0n) is 16.8. The van der Waals surface area contributed by atoms with Gasteiger partial charge in [0, 0.05) is 13.0 Å². The number of amides is 3. The van der Waals surface area contributed by atoms with Crippen molar-refractivity contribution in [2.24, 2.45) is 0 Å². The first-order valence-corrected chi connectivity index (χ1v) is 10.3. The average molecular weight is 416 g/mol. The summed E-state index contributed by atoms with van der Waals surface area (Å²) in [6.07, 6.45) is 3.06. The van der Waals surface area contributed by atoms with Gasteiger partial charge in [-0.15, -0.1) is 0 Å². The summed E-state index contributed by atoms with van der Waals surface area (Å²) in [6.45, 7) is 0.676. The van der Waals surface area contributed by atoms with Crippen molar-refractivity contribution in [3.8, 4) is 0 Å². The maximum Gasteiger partial charge on any atom is 0.322 e. The Balaban J connectivity index is 1.73. The molecule has 2 fully saturated rings. The van der Waals surface area contributed by atoms with Gasteiger partial charge in [0.2, 0.25) is 17.7 Å². The van der Waals surface area contributed by atoms with Crippen LogP contribution in [0.1, 0.15) is 31.2 Å². The fraction of sp³-hybridized carbons (Fsp3) is 0.524. The molecule has 3 atom stereocenters. The molecule has 0 saturated carbocycles. The van der Waals surface area contributed by atoms with E-state index < -0.39 is 30.5 Å². The van der Waals surface area contributed by atoms with Crippen LogP contribution in [0.3, 0.4) is 0 Å². The van der Waals surface area contributed by atoms with E-state index in [1.165, 1.54) is 4.90 Å². The molecular formula is C21H28N4O5. The van der Waals surface area contributed by atoms with Crippen molar-refractivity contribution in [2.75, 3.05) is 19.6 Å². The van der Waals surface area contributed by atoms with Crippen molar-refractivity contribution >= 4 is 23.7 Å². The summed E-state index contributed by atoms with van der Waals surface area (Å²) in [6, 6.07) is 7.56. The van der Waals surface area contributed by atoms with Gasteiger partial charge in [-0.1, -0.05) is 30.3 Å². The van der Waals surface area contributed by atoms with Crippen molar-refractivity contribution in [1.82, 2.24) is 20.9 Å². The van der Waals surface area contributed by atoms with Crippen LogP contribution < -0.4 is 16.0 Å². The number of benzene rings is 1. The van der Waals surface area contributed by atoms with E-state index in [-0.39, 0.29) is 17.9 Å². The van der Waals surface area contributed by atoms with Crippen molar-refractivity contribution in [3.05, 3.63) is 35.9 Å². The number of rotatable bonds is 8. The summed E-state index contributed by atoms with van der Waals surface area (Å²) in [4.78, 5) is 50.6. The Hall–Kier alpha value is -2.94. The van der Waals surface area contributed by atoms with E-state index in [1.54, 1.807) is 0 Å². The van der Waals surface area contributed by atoms with Crippen LogP contribution >= 0.6 is 0 Å². The van der Waals surface area contributed by atoms with E-state index >= 15 is 0 Å². The van der Waals surface area contributed by atoms with E-state index in [0.29, 0.717) is 25.8 Å². The maximum absolute atomic E-state index is 13.3. The molecule has 0 radical (unpaired) electrons. The van der Waals surface area contributed by atoms with Gasteiger partial charge in [-0.2, -0.15) is 0 Å². The number of nitrogens with zero attached hydrogens (tertiary/aromatic N) is 1. The average Bonchev–Trinajstić information content (AvgIpc) is 3.43. The van der Waals surface area contributed by atoms with Crippen LogP contribution in [0.5, 0.6) is 0 Å². The highest BCUT2D eigenvalue weighted by Crippen LogP contribution is 2.20. The van der Waals surface area contributed by atoms with Crippen LogP contribution in [-0.2, 0) is 25.6 Å². The lowest BCUT2D eigenvalue weighted by atomic mass is 10.0. The Kier molecular flexibility index (Phi) is 7.40. The number of carboxylic acid groups (broad SMARTS) is 1. The summed E-state index contributed by atoms with van der Waals surface area (Å²) < 4.78 is 0. The summed E-state index contributed by atoms with van der Waals surface area (Å²) in [5.41, 5.74) is 0.904. The largest absolute Gasteiger partial charge is 0.480 e. The molecule has 0 spiro atoms. The topological polar surface area (TPSA) is 128 Å². The first kappa shape index (κ1) is 21.8. The smallest absolute Gasteiger partial charge is 0.322 e. The first-order valence-electron chi connectivity index (χ1n) is 10.3. The second-order valence-electron chi connectivity index (χ2n) is 7.70. The predicted molar refractivity (Wildman–Crippen MR) is 108 cm³/mol. The fourth-order valence-corrected chi connectivity index (χ4v) is 4.01. The van der Waals surface area contributed by atoms with Crippen molar-refractivity contribution in [1.29, 1.82) is 0 Å². The molecule has 1 aromatic rings. The molecule has 1 aromatic carbocycles. The highest BCUT2D eigenvalue weighted by molar-refractivity contribution is 5.94. The Morgan fingerprint density at radius 3 is 2.53 bits per heavy atom. The molecule has 2 aliphatic heterocycles. The quantitative estimate of drug-likeness (QED) is 0.459. The molecule has 9 nitrogen and oxygen atoms in total. The molecule has 2 saturated heterocycles. The number of carboxylic acids is 1. The Labute approximate surface area is 175 Å². The minimum absolute atomic E-state index is 0.215. The molecule has 3 rings (SSSR count). The van der Waals surface area contributed by atoms with E-state index in [0.717, 1.165) is 24.9 Å². The molecular weight excluding hydrogens is 388 g/mol. The molecule has 0 bridgehead atoms. The van der Waals surface area contributed by atoms with Crippen LogP contribution in [0.4, 0.5) is 0 Å². The minimum Gasteiger partial charge on any atom is -0.480 e. The highest BCUT2D eigenvalue weighted by atomic mass is 16.4. The molecule has 30 heavy (non-hydrogen) atoms. The van der Waals surface area contributed by atoms with Crippen LogP contribution in [0, 0.1) is 0 Å². The number of hydrogen-bond acceptors (Lipinski definition) is 5. The van der Waals surface area contributed by atoms with Crippen LogP contribution in [0.2, 0.25) is 0 Å². The lowest BCUT2D eigenvalue weighted by molar-refractivity contribution is -0.142. The summed E-state index contributed by atoms with van der Waals surface area (Å²) in [5.74, 6) is -2.16. The molecule has 2 heterocycles. The number of carbonyl (C=O) groups is 4. The zero-order chi connectivity index (χ0) is 21.5. The van der Waals surface area contributed by atoms with Gasteiger partial charge in [0.05, 0.1) is 6.04 Å². The summed E-state index contributed by atoms with van der Waals surface area (Å²) >= 11 is 0. The molecule has 9 heteroatoms. The monoisotopic (exact) mass is 416 g/mol. The molecule has 0 aliphatic carbocycles. The van der Waals surface area contributed by atoms with Gasteiger partial charge in [0.1, 0.15) is 18.6 Å². The molecule has 2 aliphatic rings. The normalized spacial score (nSPS) is 21.8. The standard InChI is InChI=1S/C21H28N4O5/c26-18(27)13-23-20(29)17-9-5-11-25(17)21(30)16(12-14-6-2-1-3-7-14)24-19(28)15-8-4-10-22-15/h1-3,6-7,15-17,22H,4-5,8-13H2,(H,23,29)(H,24,28)(H,26,27). The van der Waals surface area contributed by atoms with Crippen LogP contribution in [-0.4, -0.2) is 71.5 Å². The first-order chi connectivity index (χ1) is 14.5. The van der Waals surface area contributed by atoms with Gasteiger partial charge in [-0.05, 0) is 37.8 Å². The van der Waals surface area contributed by atoms with E-state index in [2.05, 4.69) is 16.0 Å². The van der Waals surface area contributed by atoms with Gasteiger partial charge < -0.3 is 26.0 Å². The second-order valence-corrected chi connectivity index (χ2v) is 7.70. The van der Waals surface area contributed by atoms with Gasteiger partial charge in [0.15, 0.2) is 0 Å². The van der Waals surface area contributed by atoms with E-state index in [9.17, 15) is 19.2 Å². The molecule has 4 N–H and O–H groups in total. The van der Waals surface area contributed by atoms with Crippen molar-refractivity contribution in [2.45, 2.75) is 50.2 Å². The SMILES string of the molecule is O=C(O)CNC(=O)C1CCCN1C(=O)C(Cc1ccccc1)NC(=O)C1CCCN1. The second kappa shape index (κ2) is 10.2. The Morgan fingerprint density at radius 1 is 1.10 bits per heavy atom. The third-order valence-corrected chi connectivity index (χ3v) is 5.53. The third kappa shape index (κ3) is 5.56. The lowest BCUT2D eigenvalue weighted by Crippen LogP contribution is -2.56. The van der Waals surface area contributed by atoms with Crippen molar-refractivity contribution in [3.63, 3.8) is 0 Å². The Morgan fingerprint density at radius 2 is 1.87 bits per heavy atom. The number of carbonyl (C=O) groups excluding carboxylic acids is 3. The van der Waals surface area contributed by atoms with E-state index in [4.69, 9.17) is 5.11 Å². The predicted octanol–water partition coefficient (Wildman–Crippen LogP) is -0.342. The highest BCUT2D eigenvalue weighted by Gasteiger charge is 2.38. The van der Waals surface area contributed by atoms with Crippen LogP contribution in [0.25, 0.3) is 0 Å². The molecule has 3 amide bonds. The summed E-state index contributed by atoms with van der Waals surface area (Å²) in [7, 11) is 0. The molecule has 162 valence electrons. The third-order valence-electron chi connectivity index (χ3n) is 5.53. The van der Waals surface area contributed by atoms with Crippen LogP contribution in [0.15, 0.2) is 30.3 Å². The lowest BCUT2D eigenvalue weighted by Gasteiger charge is -2.29. The van der Waals surface area contributed by atoms with Gasteiger partial charge in [0.25, 0.3) is 0 Å². The van der Waals surface area contributed by atoms with E-state index in [1.807, 2.05) is 30.3 Å². The van der Waals surface area contributed by atoms with Gasteiger partial charge >= 0.3 is 5.97 Å². The minimum atomic E-state index is -1.14. The number of hydrogen-bond donors (Lipinski definition) is 4. The number of likely N-dealkylation sites (tertiary alicyclic amines) is 1. The molecule has 0 aromatic heterocycles. The Bertz CT molecular complexity index is 779. The van der Waals surface area contributed by atoms with Gasteiger partial charge in [-0.3, -0.25) is 19.2 Å². The summed E-state index contributed by atoms with van der Waals surface area (Å²) in [5, 5.41) is 17.1. The molecule has 3 unspecified atom stereocenters. The maximum atomic E-state index is 13.3. The van der Waals surface area contributed by atoms with Gasteiger partial charge in [-0.25, -0.2) is 0 Å². The number of nitrogens with one attached hydrogen (secondary N) is 3. The number of aliphatic carboxylic acids is 1.